The molecule has 0 aromatic heterocycles. The average molecular weight is 502 g/mol. The van der Waals surface area contributed by atoms with Gasteiger partial charge in [-0.1, -0.05) is 75.1 Å². The second kappa shape index (κ2) is 13.8. The second-order valence-corrected chi connectivity index (χ2v) is 9.22. The molecule has 0 radical (unpaired) electrons. The van der Waals surface area contributed by atoms with Gasteiger partial charge in [0, 0.05) is 12.0 Å². The number of hydrogen-bond acceptors (Lipinski definition) is 4. The fourth-order valence-electron chi connectivity index (χ4n) is 3.70. The van der Waals surface area contributed by atoms with Gasteiger partial charge in [-0.2, -0.15) is 13.2 Å². The number of halogens is 3. The van der Waals surface area contributed by atoms with Gasteiger partial charge in [0.15, 0.2) is 0 Å². The first-order valence-electron chi connectivity index (χ1n) is 12.3. The van der Waals surface area contributed by atoms with E-state index in [2.05, 4.69) is 18.8 Å². The summed E-state index contributed by atoms with van der Waals surface area (Å²) in [5.74, 6) is 5.26. The highest BCUT2D eigenvalue weighted by Gasteiger charge is 2.35. The first kappa shape index (κ1) is 29.1. The zero-order chi connectivity index (χ0) is 26.6. The normalized spacial score (nSPS) is 11.6. The van der Waals surface area contributed by atoms with E-state index < -0.39 is 23.2 Å². The zero-order valence-corrected chi connectivity index (χ0v) is 21.2. The van der Waals surface area contributed by atoms with Crippen LogP contribution in [0.1, 0.15) is 88.0 Å². The molecule has 0 heterocycles. The Morgan fingerprint density at radius 2 is 1.50 bits per heavy atom. The van der Waals surface area contributed by atoms with Crippen LogP contribution in [0.4, 0.5) is 13.2 Å². The molecule has 0 bridgehead atoms. The maximum atomic E-state index is 13.0. The summed E-state index contributed by atoms with van der Waals surface area (Å²) in [6.07, 6.45) is 3.78. The van der Waals surface area contributed by atoms with Crippen LogP contribution in [-0.4, -0.2) is 17.3 Å². The molecule has 194 valence electrons. The molecular weight excluding hydrogens is 467 g/mol. The van der Waals surface area contributed by atoms with Crippen molar-refractivity contribution in [2.75, 3.05) is 0 Å². The van der Waals surface area contributed by atoms with E-state index in [9.17, 15) is 22.8 Å². The summed E-state index contributed by atoms with van der Waals surface area (Å²) < 4.78 is 38.9. The van der Waals surface area contributed by atoms with E-state index in [1.807, 2.05) is 24.3 Å². The lowest BCUT2D eigenvalue weighted by molar-refractivity contribution is -0.221. The molecule has 0 unspecified atom stereocenters. The number of alkyl halides is 3. The lowest BCUT2D eigenvalue weighted by Gasteiger charge is -2.36. The Hall–Kier alpha value is -3.11. The predicted octanol–water partition coefficient (Wildman–Crippen LogP) is 7.20. The molecule has 0 amide bonds. The van der Waals surface area contributed by atoms with Crippen molar-refractivity contribution in [2.24, 2.45) is 0 Å². The Bertz CT molecular complexity index is 1030. The minimum absolute atomic E-state index is 0.0539. The zero-order valence-electron chi connectivity index (χ0n) is 21.2. The van der Waals surface area contributed by atoms with Crippen LogP contribution in [0.15, 0.2) is 48.5 Å². The fraction of sp³-hybridized carbons (Fsp3) is 0.448. The number of rotatable bonds is 12. The van der Waals surface area contributed by atoms with Crippen molar-refractivity contribution in [1.82, 2.24) is 5.06 Å². The van der Waals surface area contributed by atoms with Gasteiger partial charge in [-0.3, -0.25) is 4.79 Å². The molecule has 7 heteroatoms. The van der Waals surface area contributed by atoms with Crippen molar-refractivity contribution >= 4 is 12.3 Å². The van der Waals surface area contributed by atoms with Crippen LogP contribution < -0.4 is 0 Å². The Kier molecular flexibility index (Phi) is 11.2. The summed E-state index contributed by atoms with van der Waals surface area (Å²) in [5.41, 5.74) is 0.356. The maximum absolute atomic E-state index is 13.0. The standard InChI is InChI=1S/C29H34F3NO3/c1-4-5-6-7-8-9-10-11-12-23-13-15-24(16-14-23)21-33(36-27(35)22-34)28(2,3)25-17-19-26(20-18-25)29(30,31)32/h13-20,22H,4-10,21H2,1-3H3. The van der Waals surface area contributed by atoms with Gasteiger partial charge in [0.25, 0.3) is 0 Å². The highest BCUT2D eigenvalue weighted by molar-refractivity contribution is 6.20. The molecular formula is C29H34F3NO3. The number of carbonyl (C=O) groups excluding carboxylic acids is 2. The largest absolute Gasteiger partial charge is 0.416 e. The molecule has 2 aromatic rings. The molecule has 0 saturated heterocycles. The van der Waals surface area contributed by atoms with Crippen molar-refractivity contribution in [3.63, 3.8) is 0 Å². The van der Waals surface area contributed by atoms with Crippen LogP contribution >= 0.6 is 0 Å². The summed E-state index contributed by atoms with van der Waals surface area (Å²) >= 11 is 0. The van der Waals surface area contributed by atoms with Crippen molar-refractivity contribution in [1.29, 1.82) is 0 Å². The first-order valence-corrected chi connectivity index (χ1v) is 12.3. The van der Waals surface area contributed by atoms with E-state index in [1.165, 1.54) is 49.3 Å². The van der Waals surface area contributed by atoms with Crippen LogP contribution in [0.3, 0.4) is 0 Å². The molecule has 0 aliphatic heterocycles. The van der Waals surface area contributed by atoms with Crippen LogP contribution in [0.5, 0.6) is 0 Å². The van der Waals surface area contributed by atoms with Gasteiger partial charge >= 0.3 is 12.1 Å². The van der Waals surface area contributed by atoms with Crippen LogP contribution in [0.2, 0.25) is 0 Å². The van der Waals surface area contributed by atoms with E-state index in [-0.39, 0.29) is 12.8 Å². The van der Waals surface area contributed by atoms with Gasteiger partial charge in [0.05, 0.1) is 17.6 Å². The van der Waals surface area contributed by atoms with Crippen LogP contribution in [0, 0.1) is 11.8 Å². The number of hydroxylamine groups is 2. The minimum atomic E-state index is -4.45. The number of benzene rings is 2. The van der Waals surface area contributed by atoms with Crippen LogP contribution in [-0.2, 0) is 32.7 Å². The van der Waals surface area contributed by atoms with Gasteiger partial charge in [-0.05, 0) is 55.7 Å². The number of carbonyl (C=O) groups is 2. The average Bonchev–Trinajstić information content (AvgIpc) is 2.85. The smallest absolute Gasteiger partial charge is 0.361 e. The van der Waals surface area contributed by atoms with Gasteiger partial charge in [-0.15, -0.1) is 5.06 Å². The third-order valence-electron chi connectivity index (χ3n) is 6.01. The number of nitrogens with zero attached hydrogens (tertiary/aromatic N) is 1. The number of hydrogen-bond donors (Lipinski definition) is 0. The van der Waals surface area contributed by atoms with Crippen molar-refractivity contribution in [3.8, 4) is 11.8 Å². The van der Waals surface area contributed by atoms with Gasteiger partial charge in [0.2, 0.25) is 6.29 Å². The molecule has 0 N–H and O–H groups in total. The molecule has 0 saturated carbocycles. The summed E-state index contributed by atoms with van der Waals surface area (Å²) in [4.78, 5) is 28.0. The molecule has 2 rings (SSSR count). The lowest BCUT2D eigenvalue weighted by atomic mass is 9.92. The Balaban J connectivity index is 2.08. The van der Waals surface area contributed by atoms with E-state index >= 15 is 0 Å². The Morgan fingerprint density at radius 3 is 2.08 bits per heavy atom. The molecule has 0 aliphatic carbocycles. The molecule has 2 aromatic carbocycles. The van der Waals surface area contributed by atoms with E-state index in [0.717, 1.165) is 36.1 Å². The summed E-state index contributed by atoms with van der Waals surface area (Å²) in [5, 5.41) is 1.30. The molecule has 0 aliphatic rings. The van der Waals surface area contributed by atoms with Crippen LogP contribution in [0.25, 0.3) is 0 Å². The van der Waals surface area contributed by atoms with Gasteiger partial charge < -0.3 is 4.84 Å². The highest BCUT2D eigenvalue weighted by Crippen LogP contribution is 2.34. The molecule has 0 atom stereocenters. The van der Waals surface area contributed by atoms with Gasteiger partial charge in [-0.25, -0.2) is 4.79 Å². The first-order chi connectivity index (χ1) is 17.1. The topological polar surface area (TPSA) is 46.6 Å². The monoisotopic (exact) mass is 501 g/mol. The molecule has 4 nitrogen and oxygen atoms in total. The maximum Gasteiger partial charge on any atom is 0.416 e. The predicted molar refractivity (Wildman–Crippen MR) is 133 cm³/mol. The van der Waals surface area contributed by atoms with E-state index in [4.69, 9.17) is 4.84 Å². The van der Waals surface area contributed by atoms with Crippen molar-refractivity contribution in [3.05, 3.63) is 70.8 Å². The SMILES string of the molecule is CCCCCCCCC#Cc1ccc(CN(OC(=O)C=O)C(C)(C)c2ccc(C(F)(F)F)cc2)cc1. The van der Waals surface area contributed by atoms with Gasteiger partial charge in [0.1, 0.15) is 0 Å². The summed E-state index contributed by atoms with van der Waals surface area (Å²) in [6.45, 7) is 5.73. The third-order valence-corrected chi connectivity index (χ3v) is 6.01. The van der Waals surface area contributed by atoms with E-state index in [1.54, 1.807) is 13.8 Å². The summed E-state index contributed by atoms with van der Waals surface area (Å²) in [6, 6.07) is 12.1. The number of aldehydes is 1. The fourth-order valence-corrected chi connectivity index (χ4v) is 3.70. The molecule has 36 heavy (non-hydrogen) atoms. The lowest BCUT2D eigenvalue weighted by Crippen LogP contribution is -2.42. The third kappa shape index (κ3) is 9.16. The van der Waals surface area contributed by atoms with Crippen molar-refractivity contribution < 1.29 is 27.6 Å². The molecule has 0 spiro atoms. The van der Waals surface area contributed by atoms with E-state index in [0.29, 0.717) is 5.56 Å². The Labute approximate surface area is 211 Å². The minimum Gasteiger partial charge on any atom is -0.361 e. The molecule has 0 fully saturated rings. The highest BCUT2D eigenvalue weighted by atomic mass is 19.4. The Morgan fingerprint density at radius 1 is 0.917 bits per heavy atom. The summed E-state index contributed by atoms with van der Waals surface area (Å²) in [7, 11) is 0. The van der Waals surface area contributed by atoms with Crippen molar-refractivity contribution in [2.45, 2.75) is 84.0 Å². The second-order valence-electron chi connectivity index (χ2n) is 9.22. The quantitative estimate of drug-likeness (QED) is 0.101. The number of unbranched alkanes of at least 4 members (excludes halogenated alkanes) is 6.